The Hall–Kier alpha value is -2.55. The van der Waals surface area contributed by atoms with Crippen molar-refractivity contribution >= 4 is 6.09 Å². The molecule has 1 unspecified atom stereocenters. The number of amides is 1. The molecule has 0 N–H and O–H groups in total. The van der Waals surface area contributed by atoms with Gasteiger partial charge in [0.05, 0.1) is 0 Å². The fraction of sp³-hybridized carbons (Fsp3) is 0.348. The van der Waals surface area contributed by atoms with Gasteiger partial charge in [0, 0.05) is 19.0 Å². The van der Waals surface area contributed by atoms with E-state index in [4.69, 9.17) is 4.74 Å². The number of hydrogen-bond acceptors (Lipinski definition) is 2. The summed E-state index contributed by atoms with van der Waals surface area (Å²) in [7, 11) is 0. The quantitative estimate of drug-likeness (QED) is 0.709. The van der Waals surface area contributed by atoms with Crippen LogP contribution in [-0.2, 0) is 4.74 Å². The van der Waals surface area contributed by atoms with Gasteiger partial charge in [0.1, 0.15) is 6.61 Å². The van der Waals surface area contributed by atoms with Gasteiger partial charge in [-0.05, 0) is 47.4 Å². The highest BCUT2D eigenvalue weighted by molar-refractivity contribution is 5.79. The first kappa shape index (κ1) is 16.9. The number of nitrogens with zero attached hydrogens (tertiary/aromatic N) is 1. The predicted octanol–water partition coefficient (Wildman–Crippen LogP) is 5.22. The molecule has 1 atom stereocenters. The zero-order valence-corrected chi connectivity index (χ0v) is 15.1. The summed E-state index contributed by atoms with van der Waals surface area (Å²) < 4.78 is 5.77. The van der Waals surface area contributed by atoms with Crippen LogP contribution >= 0.6 is 0 Å². The van der Waals surface area contributed by atoms with Crippen molar-refractivity contribution in [3.05, 3.63) is 72.3 Å². The second kappa shape index (κ2) is 7.36. The Balaban J connectivity index is 1.46. The van der Waals surface area contributed by atoms with Crippen LogP contribution in [0.1, 0.15) is 36.3 Å². The van der Waals surface area contributed by atoms with E-state index in [1.807, 2.05) is 11.0 Å². The second-order valence-electron chi connectivity index (χ2n) is 7.28. The van der Waals surface area contributed by atoms with Gasteiger partial charge in [0.15, 0.2) is 0 Å². The van der Waals surface area contributed by atoms with Crippen molar-refractivity contribution in [2.24, 2.45) is 5.92 Å². The van der Waals surface area contributed by atoms with Gasteiger partial charge >= 0.3 is 6.09 Å². The SMILES string of the molecule is C=CCC1CCCN(C(=O)OCC2c3ccccc3-c3ccccc32)C1. The van der Waals surface area contributed by atoms with E-state index in [0.29, 0.717) is 12.5 Å². The van der Waals surface area contributed by atoms with Gasteiger partial charge in [-0.2, -0.15) is 0 Å². The van der Waals surface area contributed by atoms with Crippen LogP contribution in [-0.4, -0.2) is 30.7 Å². The molecule has 1 amide bonds. The Morgan fingerprint density at radius 2 is 1.77 bits per heavy atom. The third kappa shape index (κ3) is 3.14. The van der Waals surface area contributed by atoms with E-state index in [1.54, 1.807) is 0 Å². The first-order chi connectivity index (χ1) is 12.8. The van der Waals surface area contributed by atoms with E-state index >= 15 is 0 Å². The zero-order chi connectivity index (χ0) is 17.9. The van der Waals surface area contributed by atoms with Crippen LogP contribution in [0.15, 0.2) is 61.2 Å². The number of allylic oxidation sites excluding steroid dienone is 1. The summed E-state index contributed by atoms with van der Waals surface area (Å²) in [5, 5.41) is 0. The minimum atomic E-state index is -0.180. The maximum Gasteiger partial charge on any atom is 0.409 e. The van der Waals surface area contributed by atoms with Gasteiger partial charge in [0.2, 0.25) is 0 Å². The van der Waals surface area contributed by atoms with Crippen LogP contribution in [0.4, 0.5) is 4.79 Å². The topological polar surface area (TPSA) is 29.5 Å². The van der Waals surface area contributed by atoms with Crippen LogP contribution in [0, 0.1) is 5.92 Å². The smallest absolute Gasteiger partial charge is 0.409 e. The summed E-state index contributed by atoms with van der Waals surface area (Å²) in [6.07, 6.45) is 4.95. The molecule has 1 fully saturated rings. The zero-order valence-electron chi connectivity index (χ0n) is 15.1. The monoisotopic (exact) mass is 347 g/mol. The molecule has 4 rings (SSSR count). The molecule has 0 saturated carbocycles. The van der Waals surface area contributed by atoms with Crippen LogP contribution < -0.4 is 0 Å². The predicted molar refractivity (Wildman–Crippen MR) is 104 cm³/mol. The van der Waals surface area contributed by atoms with Crippen molar-refractivity contribution in [2.45, 2.75) is 25.2 Å². The van der Waals surface area contributed by atoms with Gasteiger partial charge in [-0.1, -0.05) is 54.6 Å². The number of likely N-dealkylation sites (tertiary alicyclic amines) is 1. The summed E-state index contributed by atoms with van der Waals surface area (Å²) in [5.41, 5.74) is 5.02. The lowest BCUT2D eigenvalue weighted by atomic mass is 9.95. The Morgan fingerprint density at radius 3 is 2.42 bits per heavy atom. The van der Waals surface area contributed by atoms with Crippen molar-refractivity contribution in [1.29, 1.82) is 0 Å². The minimum absolute atomic E-state index is 0.125. The van der Waals surface area contributed by atoms with E-state index in [1.165, 1.54) is 28.7 Å². The molecule has 0 spiro atoms. The van der Waals surface area contributed by atoms with E-state index < -0.39 is 0 Å². The number of hydrogen-bond donors (Lipinski definition) is 0. The molecular formula is C23H25NO2. The molecule has 1 saturated heterocycles. The number of piperidine rings is 1. The number of rotatable bonds is 4. The molecule has 1 aliphatic heterocycles. The van der Waals surface area contributed by atoms with Gasteiger partial charge in [0.25, 0.3) is 0 Å². The van der Waals surface area contributed by atoms with Crippen molar-refractivity contribution in [1.82, 2.24) is 4.90 Å². The largest absolute Gasteiger partial charge is 0.448 e. The number of ether oxygens (including phenoxy) is 1. The summed E-state index contributed by atoms with van der Waals surface area (Å²) in [4.78, 5) is 14.5. The number of carbonyl (C=O) groups is 1. The fourth-order valence-corrected chi connectivity index (χ4v) is 4.34. The first-order valence-corrected chi connectivity index (χ1v) is 9.48. The lowest BCUT2D eigenvalue weighted by molar-refractivity contribution is 0.0826. The third-order valence-corrected chi connectivity index (χ3v) is 5.61. The summed E-state index contributed by atoms with van der Waals surface area (Å²) in [6.45, 7) is 5.80. The Bertz CT molecular complexity index is 768. The summed E-state index contributed by atoms with van der Waals surface area (Å²) in [5.74, 6) is 0.641. The van der Waals surface area contributed by atoms with Crippen molar-refractivity contribution < 1.29 is 9.53 Å². The van der Waals surface area contributed by atoms with Gasteiger partial charge in [-0.25, -0.2) is 4.79 Å². The van der Waals surface area contributed by atoms with Gasteiger partial charge in [-0.3, -0.25) is 0 Å². The molecule has 0 bridgehead atoms. The third-order valence-electron chi connectivity index (χ3n) is 5.61. The maximum atomic E-state index is 12.6. The maximum absolute atomic E-state index is 12.6. The number of benzene rings is 2. The van der Waals surface area contributed by atoms with Crippen LogP contribution in [0.2, 0.25) is 0 Å². The lowest BCUT2D eigenvalue weighted by Gasteiger charge is -2.32. The number of carbonyl (C=O) groups excluding carboxylic acids is 1. The van der Waals surface area contributed by atoms with Crippen molar-refractivity contribution in [3.8, 4) is 11.1 Å². The highest BCUT2D eigenvalue weighted by Gasteiger charge is 2.30. The lowest BCUT2D eigenvalue weighted by Crippen LogP contribution is -2.40. The minimum Gasteiger partial charge on any atom is -0.448 e. The van der Waals surface area contributed by atoms with Crippen molar-refractivity contribution in [3.63, 3.8) is 0 Å². The molecule has 0 radical (unpaired) electrons. The molecule has 26 heavy (non-hydrogen) atoms. The number of fused-ring (bicyclic) bond motifs is 3. The standard InChI is InChI=1S/C23H25NO2/c1-2-8-17-9-7-14-24(15-17)23(25)26-16-22-20-12-5-3-10-18(20)19-11-4-6-13-21(19)22/h2-6,10-13,17,22H,1,7-9,14-16H2. The van der Waals surface area contributed by atoms with E-state index in [9.17, 15) is 4.79 Å². The van der Waals surface area contributed by atoms with E-state index in [2.05, 4.69) is 55.1 Å². The summed E-state index contributed by atoms with van der Waals surface area (Å²) >= 11 is 0. The average Bonchev–Trinajstić information content (AvgIpc) is 3.01. The Kier molecular flexibility index (Phi) is 4.79. The first-order valence-electron chi connectivity index (χ1n) is 9.48. The molecule has 3 heteroatoms. The van der Waals surface area contributed by atoms with E-state index in [0.717, 1.165) is 25.9 Å². The van der Waals surface area contributed by atoms with Crippen LogP contribution in [0.25, 0.3) is 11.1 Å². The van der Waals surface area contributed by atoms with Gasteiger partial charge in [-0.15, -0.1) is 6.58 Å². The average molecular weight is 347 g/mol. The van der Waals surface area contributed by atoms with Crippen LogP contribution in [0.3, 0.4) is 0 Å². The second-order valence-corrected chi connectivity index (χ2v) is 7.28. The van der Waals surface area contributed by atoms with Crippen LogP contribution in [0.5, 0.6) is 0 Å². The molecule has 2 aliphatic rings. The Labute approximate surface area is 155 Å². The molecule has 3 nitrogen and oxygen atoms in total. The van der Waals surface area contributed by atoms with Crippen molar-refractivity contribution in [2.75, 3.05) is 19.7 Å². The highest BCUT2D eigenvalue weighted by Crippen LogP contribution is 2.44. The van der Waals surface area contributed by atoms with E-state index in [-0.39, 0.29) is 12.0 Å². The molecule has 1 aliphatic carbocycles. The molecule has 2 aromatic rings. The normalized spacial score (nSPS) is 18.9. The fourth-order valence-electron chi connectivity index (χ4n) is 4.34. The van der Waals surface area contributed by atoms with Gasteiger partial charge < -0.3 is 9.64 Å². The Morgan fingerprint density at radius 1 is 1.12 bits per heavy atom. The summed E-state index contributed by atoms with van der Waals surface area (Å²) in [6, 6.07) is 16.9. The molecular weight excluding hydrogens is 322 g/mol. The molecule has 0 aromatic heterocycles. The molecule has 134 valence electrons. The molecule has 2 aromatic carbocycles. The molecule has 1 heterocycles. The highest BCUT2D eigenvalue weighted by atomic mass is 16.6.